The van der Waals surface area contributed by atoms with Crippen LogP contribution in [0.25, 0.3) is 28.0 Å². The topological polar surface area (TPSA) is 56.4 Å². The van der Waals surface area contributed by atoms with Crippen LogP contribution in [0, 0.1) is 0 Å². The molecule has 0 saturated carbocycles. The number of imidazole rings is 2. The predicted octanol–water partition coefficient (Wildman–Crippen LogP) is 3.33. The Morgan fingerprint density at radius 3 is 1.92 bits per heavy atom. The second-order valence-corrected chi connectivity index (χ2v) is 5.66. The van der Waals surface area contributed by atoms with Crippen LogP contribution >= 0.6 is 0 Å². The second kappa shape index (κ2) is 4.99. The molecule has 0 atom stereocenters. The van der Waals surface area contributed by atoms with Gasteiger partial charge in [-0.2, -0.15) is 0 Å². The maximum atomic E-state index is 4.15. The normalized spacial score (nSPS) is 11.3. The van der Waals surface area contributed by atoms with Gasteiger partial charge in [0.2, 0.25) is 0 Å². The van der Waals surface area contributed by atoms with Gasteiger partial charge >= 0.3 is 0 Å². The van der Waals surface area contributed by atoms with Crippen molar-refractivity contribution < 1.29 is 0 Å². The monoisotopic (exact) mass is 314 g/mol. The molecule has 1 N–H and O–H groups in total. The van der Waals surface area contributed by atoms with Gasteiger partial charge < -0.3 is 18.7 Å². The van der Waals surface area contributed by atoms with Crippen molar-refractivity contribution in [1.29, 1.82) is 0 Å². The lowest BCUT2D eigenvalue weighted by Crippen LogP contribution is -1.99. The van der Waals surface area contributed by atoms with Crippen LogP contribution in [0.1, 0.15) is 0 Å². The van der Waals surface area contributed by atoms with E-state index in [1.165, 1.54) is 5.39 Å². The Balaban J connectivity index is 1.72. The molecule has 0 saturated heterocycles. The third-order valence-corrected chi connectivity index (χ3v) is 4.15. The van der Waals surface area contributed by atoms with Gasteiger partial charge in [-0.25, -0.2) is 9.97 Å². The van der Waals surface area contributed by atoms with Crippen molar-refractivity contribution in [3.63, 3.8) is 0 Å². The number of H-pyrrole nitrogens is 1. The quantitative estimate of drug-likeness (QED) is 0.555. The zero-order valence-corrected chi connectivity index (χ0v) is 12.7. The van der Waals surface area contributed by atoms with E-state index >= 15 is 0 Å². The Kier molecular flexibility index (Phi) is 2.69. The minimum Gasteiger partial charge on any atom is -0.360 e. The maximum absolute atomic E-state index is 4.15. The summed E-state index contributed by atoms with van der Waals surface area (Å²) in [4.78, 5) is 11.5. The minimum absolute atomic E-state index is 1.05. The first-order chi connectivity index (χ1) is 11.9. The number of hydrogen-bond donors (Lipinski definition) is 1. The summed E-state index contributed by atoms with van der Waals surface area (Å²) in [6.07, 6.45) is 17.2. The number of fused-ring (bicyclic) bond motifs is 1. The molecule has 4 heterocycles. The molecule has 0 spiro atoms. The first kappa shape index (κ1) is 13.0. The molecule has 4 aromatic heterocycles. The van der Waals surface area contributed by atoms with Crippen LogP contribution in [0.4, 0.5) is 0 Å². The fourth-order valence-electron chi connectivity index (χ4n) is 2.94. The van der Waals surface area contributed by atoms with Gasteiger partial charge in [0.25, 0.3) is 0 Å². The SMILES string of the molecule is c1cn(-c2cc(-n3ccnc3)cc(-n3cc4cc[nH]c4c3)c2)cn1. The molecule has 5 rings (SSSR count). The van der Waals surface area contributed by atoms with Crippen molar-refractivity contribution in [2.45, 2.75) is 0 Å². The molecule has 1 aromatic carbocycles. The summed E-state index contributed by atoms with van der Waals surface area (Å²) in [6.45, 7) is 0. The Labute approximate surface area is 137 Å². The summed E-state index contributed by atoms with van der Waals surface area (Å²) in [5.74, 6) is 0. The highest BCUT2D eigenvalue weighted by Crippen LogP contribution is 2.23. The Morgan fingerprint density at radius 1 is 0.750 bits per heavy atom. The lowest BCUT2D eigenvalue weighted by Gasteiger charge is -2.12. The molecule has 0 bridgehead atoms. The average Bonchev–Trinajstić information content (AvgIpc) is 3.39. The molecule has 0 aliphatic heterocycles. The van der Waals surface area contributed by atoms with E-state index in [4.69, 9.17) is 0 Å². The van der Waals surface area contributed by atoms with Crippen LogP contribution in [0.3, 0.4) is 0 Å². The molecule has 24 heavy (non-hydrogen) atoms. The first-order valence-corrected chi connectivity index (χ1v) is 7.64. The summed E-state index contributed by atoms with van der Waals surface area (Å²) in [5, 5.41) is 1.19. The third-order valence-electron chi connectivity index (χ3n) is 4.15. The van der Waals surface area contributed by atoms with Crippen LogP contribution in [-0.4, -0.2) is 28.7 Å². The number of nitrogens with zero attached hydrogens (tertiary/aromatic N) is 5. The van der Waals surface area contributed by atoms with E-state index in [0.717, 1.165) is 22.6 Å². The smallest absolute Gasteiger partial charge is 0.0991 e. The van der Waals surface area contributed by atoms with Gasteiger partial charge in [0, 0.05) is 54.5 Å². The second-order valence-electron chi connectivity index (χ2n) is 5.66. The van der Waals surface area contributed by atoms with Gasteiger partial charge in [-0.15, -0.1) is 0 Å². The van der Waals surface area contributed by atoms with Crippen molar-refractivity contribution in [1.82, 2.24) is 28.7 Å². The zero-order valence-electron chi connectivity index (χ0n) is 12.7. The lowest BCUT2D eigenvalue weighted by atomic mass is 10.2. The van der Waals surface area contributed by atoms with Gasteiger partial charge in [0.05, 0.1) is 29.5 Å². The average molecular weight is 314 g/mol. The highest BCUT2D eigenvalue weighted by Gasteiger charge is 2.07. The van der Waals surface area contributed by atoms with Crippen molar-refractivity contribution in [2.75, 3.05) is 0 Å². The number of aromatic amines is 1. The van der Waals surface area contributed by atoms with Gasteiger partial charge in [-0.3, -0.25) is 0 Å². The van der Waals surface area contributed by atoms with Crippen LogP contribution in [0.15, 0.2) is 80.3 Å². The number of hydrogen-bond acceptors (Lipinski definition) is 2. The standard InChI is InChI=1S/C18H14N6/c1-2-21-18-11-24(10-14(1)18)17-8-15(22-5-3-19-12-22)7-16(9-17)23-6-4-20-13-23/h1-13,21H. The van der Waals surface area contributed by atoms with Crippen LogP contribution < -0.4 is 0 Å². The van der Waals surface area contributed by atoms with Crippen molar-refractivity contribution >= 4 is 10.9 Å². The van der Waals surface area contributed by atoms with E-state index in [0.29, 0.717) is 0 Å². The molecule has 6 nitrogen and oxygen atoms in total. The number of aromatic nitrogens is 6. The van der Waals surface area contributed by atoms with Gasteiger partial charge in [-0.05, 0) is 24.3 Å². The van der Waals surface area contributed by atoms with Crippen molar-refractivity contribution in [3.8, 4) is 17.1 Å². The zero-order chi connectivity index (χ0) is 15.9. The highest BCUT2D eigenvalue weighted by atomic mass is 15.1. The predicted molar refractivity (Wildman–Crippen MR) is 91.9 cm³/mol. The molecule has 6 heteroatoms. The summed E-state index contributed by atoms with van der Waals surface area (Å²) in [6, 6.07) is 8.46. The van der Waals surface area contributed by atoms with Crippen LogP contribution in [-0.2, 0) is 0 Å². The molecule has 0 unspecified atom stereocenters. The summed E-state index contributed by atoms with van der Waals surface area (Å²) in [5.41, 5.74) is 4.29. The van der Waals surface area contributed by atoms with Gasteiger partial charge in [0.1, 0.15) is 0 Å². The number of benzene rings is 1. The molecular weight excluding hydrogens is 300 g/mol. The number of rotatable bonds is 3. The van der Waals surface area contributed by atoms with E-state index in [9.17, 15) is 0 Å². The van der Waals surface area contributed by atoms with Crippen LogP contribution in [0.5, 0.6) is 0 Å². The Hall–Kier alpha value is -3.54. The lowest BCUT2D eigenvalue weighted by molar-refractivity contribution is 0.997. The van der Waals surface area contributed by atoms with E-state index < -0.39 is 0 Å². The summed E-state index contributed by atoms with van der Waals surface area (Å²) in [7, 11) is 0. The Morgan fingerprint density at radius 2 is 1.38 bits per heavy atom. The van der Waals surface area contributed by atoms with E-state index in [-0.39, 0.29) is 0 Å². The molecule has 0 fully saturated rings. The molecule has 0 amide bonds. The van der Waals surface area contributed by atoms with Gasteiger partial charge in [-0.1, -0.05) is 0 Å². The molecule has 0 radical (unpaired) electrons. The van der Waals surface area contributed by atoms with Crippen LogP contribution in [0.2, 0.25) is 0 Å². The number of nitrogens with one attached hydrogen (secondary N) is 1. The molecule has 0 aliphatic carbocycles. The van der Waals surface area contributed by atoms with Gasteiger partial charge in [0.15, 0.2) is 0 Å². The molecule has 0 aliphatic rings. The fourth-order valence-corrected chi connectivity index (χ4v) is 2.94. The van der Waals surface area contributed by atoms with E-state index in [1.807, 2.05) is 27.7 Å². The largest absolute Gasteiger partial charge is 0.360 e. The molecule has 5 aromatic rings. The minimum atomic E-state index is 1.05. The fraction of sp³-hybridized carbons (Fsp3) is 0. The highest BCUT2D eigenvalue weighted by molar-refractivity contribution is 5.79. The van der Waals surface area contributed by atoms with E-state index in [2.05, 4.69) is 56.2 Å². The molecule has 116 valence electrons. The Bertz CT molecular complexity index is 1010. The first-order valence-electron chi connectivity index (χ1n) is 7.64. The van der Waals surface area contributed by atoms with E-state index in [1.54, 1.807) is 25.0 Å². The summed E-state index contributed by atoms with van der Waals surface area (Å²) >= 11 is 0. The third kappa shape index (κ3) is 2.04. The summed E-state index contributed by atoms with van der Waals surface area (Å²) < 4.78 is 6.13. The van der Waals surface area contributed by atoms with Crippen molar-refractivity contribution in [3.05, 3.63) is 80.3 Å². The molecular formula is C18H14N6. The maximum Gasteiger partial charge on any atom is 0.0991 e. The van der Waals surface area contributed by atoms with Crippen molar-refractivity contribution in [2.24, 2.45) is 0 Å².